The summed E-state index contributed by atoms with van der Waals surface area (Å²) in [6, 6.07) is 10.7. The lowest BCUT2D eigenvalue weighted by atomic mass is 9.83. The number of likely N-dealkylation sites (N-methyl/N-ethyl adjacent to an activating group) is 1. The van der Waals surface area contributed by atoms with Gasteiger partial charge >= 0.3 is 0 Å². The van der Waals surface area contributed by atoms with Gasteiger partial charge in [0.25, 0.3) is 0 Å². The van der Waals surface area contributed by atoms with Crippen molar-refractivity contribution in [1.82, 2.24) is 4.98 Å². The predicted octanol–water partition coefficient (Wildman–Crippen LogP) is 4.67. The number of hydrogen-bond acceptors (Lipinski definition) is 4. The standard InChI is InChI=1S/C19H19N3S/c1-13-12-23-18(21-13)14(11-20)9-10-17-19(2,3)15-7-5-6-8-16(15)22(17)4/h5-10,12H,1-4H3/b14-9+,17-10-. The van der Waals surface area contributed by atoms with E-state index in [1.54, 1.807) is 0 Å². The zero-order chi connectivity index (χ0) is 16.6. The molecule has 1 aliphatic heterocycles. The van der Waals surface area contributed by atoms with Gasteiger partial charge in [-0.2, -0.15) is 5.26 Å². The number of nitrogens with zero attached hydrogens (tertiary/aromatic N) is 3. The van der Waals surface area contributed by atoms with E-state index >= 15 is 0 Å². The van der Waals surface area contributed by atoms with Gasteiger partial charge in [0, 0.05) is 34.9 Å². The van der Waals surface area contributed by atoms with Gasteiger partial charge in [-0.3, -0.25) is 0 Å². The molecule has 2 heterocycles. The minimum atomic E-state index is -0.0821. The monoisotopic (exact) mass is 321 g/mol. The second-order valence-electron chi connectivity index (χ2n) is 6.24. The number of aryl methyl sites for hydroxylation is 1. The molecule has 3 nitrogen and oxygen atoms in total. The minimum absolute atomic E-state index is 0.0821. The minimum Gasteiger partial charge on any atom is -0.347 e. The lowest BCUT2D eigenvalue weighted by Crippen LogP contribution is -2.22. The van der Waals surface area contributed by atoms with E-state index in [0.717, 1.165) is 10.7 Å². The molecule has 116 valence electrons. The summed E-state index contributed by atoms with van der Waals surface area (Å²) in [4.78, 5) is 6.61. The number of rotatable bonds is 2. The second kappa shape index (κ2) is 5.68. The van der Waals surface area contributed by atoms with Gasteiger partial charge in [-0.15, -0.1) is 11.3 Å². The van der Waals surface area contributed by atoms with E-state index in [2.05, 4.69) is 67.2 Å². The van der Waals surface area contributed by atoms with E-state index in [-0.39, 0.29) is 5.41 Å². The smallest absolute Gasteiger partial charge is 0.134 e. The van der Waals surface area contributed by atoms with Crippen LogP contribution < -0.4 is 4.90 Å². The molecule has 0 saturated carbocycles. The maximum atomic E-state index is 9.44. The van der Waals surface area contributed by atoms with Crippen LogP contribution >= 0.6 is 11.3 Å². The molecule has 3 rings (SSSR count). The van der Waals surface area contributed by atoms with Gasteiger partial charge in [0.15, 0.2) is 0 Å². The first-order valence-corrected chi connectivity index (χ1v) is 8.41. The number of para-hydroxylation sites is 1. The number of thiazole rings is 1. The number of fused-ring (bicyclic) bond motifs is 1. The van der Waals surface area contributed by atoms with Crippen LogP contribution in [0.4, 0.5) is 5.69 Å². The van der Waals surface area contributed by atoms with Crippen molar-refractivity contribution in [2.45, 2.75) is 26.2 Å². The van der Waals surface area contributed by atoms with E-state index < -0.39 is 0 Å². The van der Waals surface area contributed by atoms with Gasteiger partial charge in [-0.1, -0.05) is 32.0 Å². The Morgan fingerprint density at radius 1 is 1.35 bits per heavy atom. The van der Waals surface area contributed by atoms with Crippen LogP contribution in [0, 0.1) is 18.3 Å². The molecule has 0 aliphatic carbocycles. The topological polar surface area (TPSA) is 39.9 Å². The highest BCUT2D eigenvalue weighted by molar-refractivity contribution is 7.10. The van der Waals surface area contributed by atoms with Crippen molar-refractivity contribution in [3.05, 3.63) is 63.8 Å². The molecule has 1 aliphatic rings. The quantitative estimate of drug-likeness (QED) is 0.755. The Labute approximate surface area is 141 Å². The van der Waals surface area contributed by atoms with Crippen molar-refractivity contribution in [3.8, 4) is 6.07 Å². The predicted molar refractivity (Wildman–Crippen MR) is 96.4 cm³/mol. The second-order valence-corrected chi connectivity index (χ2v) is 7.10. The van der Waals surface area contributed by atoms with Gasteiger partial charge in [0.2, 0.25) is 0 Å². The van der Waals surface area contributed by atoms with E-state index in [9.17, 15) is 5.26 Å². The van der Waals surface area contributed by atoms with Gasteiger partial charge in [-0.25, -0.2) is 4.98 Å². The Morgan fingerprint density at radius 3 is 2.70 bits per heavy atom. The Hall–Kier alpha value is -2.38. The summed E-state index contributed by atoms with van der Waals surface area (Å²) < 4.78 is 0. The first-order chi connectivity index (χ1) is 10.9. The van der Waals surface area contributed by atoms with Crippen LogP contribution in [0.1, 0.15) is 30.1 Å². The molecule has 0 fully saturated rings. The van der Waals surface area contributed by atoms with E-state index in [0.29, 0.717) is 5.57 Å². The highest BCUT2D eigenvalue weighted by Crippen LogP contribution is 2.46. The van der Waals surface area contributed by atoms with Crippen LogP contribution in [0.3, 0.4) is 0 Å². The number of allylic oxidation sites excluding steroid dienone is 4. The maximum absolute atomic E-state index is 9.44. The van der Waals surface area contributed by atoms with E-state index in [1.165, 1.54) is 28.3 Å². The molecule has 0 radical (unpaired) electrons. The number of hydrogen-bond donors (Lipinski definition) is 0. The van der Waals surface area contributed by atoms with Gasteiger partial charge < -0.3 is 4.90 Å². The molecule has 0 amide bonds. The molecule has 2 aromatic rings. The fraction of sp³-hybridized carbons (Fsp3) is 0.263. The molecular weight excluding hydrogens is 302 g/mol. The summed E-state index contributed by atoms with van der Waals surface area (Å²) in [7, 11) is 2.08. The molecule has 1 aromatic carbocycles. The highest BCUT2D eigenvalue weighted by atomic mass is 32.1. The molecule has 23 heavy (non-hydrogen) atoms. The van der Waals surface area contributed by atoms with E-state index in [1.807, 2.05) is 18.4 Å². The lowest BCUT2D eigenvalue weighted by molar-refractivity contribution is 0.640. The van der Waals surface area contributed by atoms with Gasteiger partial charge in [-0.05, 0) is 30.7 Å². The van der Waals surface area contributed by atoms with Crippen molar-refractivity contribution < 1.29 is 0 Å². The van der Waals surface area contributed by atoms with E-state index in [4.69, 9.17) is 0 Å². The van der Waals surface area contributed by atoms with Crippen LogP contribution in [0.15, 0.2) is 47.5 Å². The van der Waals surface area contributed by atoms with Crippen molar-refractivity contribution in [3.63, 3.8) is 0 Å². The van der Waals surface area contributed by atoms with Crippen molar-refractivity contribution in [2.24, 2.45) is 0 Å². The van der Waals surface area contributed by atoms with Crippen LogP contribution in [0.2, 0.25) is 0 Å². The van der Waals surface area contributed by atoms with Crippen LogP contribution in [-0.4, -0.2) is 12.0 Å². The fourth-order valence-corrected chi connectivity index (χ4v) is 3.87. The van der Waals surface area contributed by atoms with Crippen molar-refractivity contribution >= 4 is 22.6 Å². The van der Waals surface area contributed by atoms with Crippen LogP contribution in [-0.2, 0) is 5.41 Å². The largest absolute Gasteiger partial charge is 0.347 e. The SMILES string of the molecule is Cc1csc(/C(C#N)=C/C=C2\N(C)c3ccccc3C2(C)C)n1. The number of benzene rings is 1. The third-order valence-electron chi connectivity index (χ3n) is 4.32. The van der Waals surface area contributed by atoms with Crippen molar-refractivity contribution in [1.29, 1.82) is 5.26 Å². The van der Waals surface area contributed by atoms with Crippen molar-refractivity contribution in [2.75, 3.05) is 11.9 Å². The lowest BCUT2D eigenvalue weighted by Gasteiger charge is -2.23. The number of nitriles is 1. The van der Waals surface area contributed by atoms with Gasteiger partial charge in [0.1, 0.15) is 11.1 Å². The molecule has 0 unspecified atom stereocenters. The Bertz CT molecular complexity index is 849. The number of aromatic nitrogens is 1. The summed E-state index contributed by atoms with van der Waals surface area (Å²) in [6.45, 7) is 6.38. The summed E-state index contributed by atoms with van der Waals surface area (Å²) in [6.07, 6.45) is 3.94. The highest BCUT2D eigenvalue weighted by Gasteiger charge is 2.37. The molecule has 0 atom stereocenters. The van der Waals surface area contributed by atoms with Crippen LogP contribution in [0.5, 0.6) is 0 Å². The first kappa shape index (κ1) is 15.5. The summed E-state index contributed by atoms with van der Waals surface area (Å²) in [5, 5.41) is 12.2. The molecule has 0 bridgehead atoms. The molecule has 1 aromatic heterocycles. The molecule has 0 spiro atoms. The zero-order valence-corrected chi connectivity index (χ0v) is 14.6. The first-order valence-electron chi connectivity index (χ1n) is 7.53. The normalized spacial score (nSPS) is 18.1. The summed E-state index contributed by atoms with van der Waals surface area (Å²) in [5.74, 6) is 0. The maximum Gasteiger partial charge on any atom is 0.134 e. The Morgan fingerprint density at radius 2 is 2.09 bits per heavy atom. The zero-order valence-electron chi connectivity index (χ0n) is 13.8. The Balaban J connectivity index is 2.03. The third-order valence-corrected chi connectivity index (χ3v) is 5.31. The summed E-state index contributed by atoms with van der Waals surface area (Å²) >= 11 is 1.51. The molecule has 0 N–H and O–H groups in total. The van der Waals surface area contributed by atoms with Gasteiger partial charge in [0.05, 0.1) is 5.57 Å². The number of anilines is 1. The third kappa shape index (κ3) is 2.58. The molecular formula is C19H19N3S. The average molecular weight is 321 g/mol. The average Bonchev–Trinajstić information content (AvgIpc) is 3.04. The molecule has 0 saturated heterocycles. The fourth-order valence-electron chi connectivity index (χ4n) is 3.10. The van der Waals surface area contributed by atoms with Crippen LogP contribution in [0.25, 0.3) is 5.57 Å². The molecule has 4 heteroatoms. The Kier molecular flexibility index (Phi) is 3.83. The summed E-state index contributed by atoms with van der Waals surface area (Å²) in [5.41, 5.74) is 5.19.